The second kappa shape index (κ2) is 6.90. The Morgan fingerprint density at radius 3 is 2.53 bits per heavy atom. The van der Waals surface area contributed by atoms with E-state index in [2.05, 4.69) is 5.32 Å². The van der Waals surface area contributed by atoms with Crippen LogP contribution in [0.5, 0.6) is 0 Å². The molecule has 0 spiro atoms. The van der Waals surface area contributed by atoms with Crippen LogP contribution in [0.3, 0.4) is 0 Å². The van der Waals surface area contributed by atoms with Crippen LogP contribution in [0.4, 0.5) is 5.69 Å². The van der Waals surface area contributed by atoms with Gasteiger partial charge in [0, 0.05) is 12.1 Å². The number of amides is 1. The van der Waals surface area contributed by atoms with Gasteiger partial charge in [0.25, 0.3) is 5.69 Å². The van der Waals surface area contributed by atoms with Crippen LogP contribution in [-0.4, -0.2) is 23.9 Å². The molecule has 0 saturated heterocycles. The zero-order valence-electron chi connectivity index (χ0n) is 10.2. The van der Waals surface area contributed by atoms with Gasteiger partial charge < -0.3 is 10.1 Å². The number of nitro groups is 1. The largest absolute Gasteiger partial charge is 0.461 e. The Morgan fingerprint density at radius 2 is 2.05 bits per heavy atom. The van der Waals surface area contributed by atoms with E-state index in [-0.39, 0.29) is 18.0 Å². The molecule has 0 bridgehead atoms. The Labute approximate surface area is 109 Å². The number of carbonyl (C=O) groups excluding carboxylic acids is 2. The molecule has 7 heteroatoms. The summed E-state index contributed by atoms with van der Waals surface area (Å²) in [6, 6.07) is 5.53. The monoisotopic (exact) mass is 264 g/mol. The molecule has 0 saturated carbocycles. The molecule has 7 nitrogen and oxygen atoms in total. The molecule has 1 aromatic carbocycles. The van der Waals surface area contributed by atoms with E-state index >= 15 is 0 Å². The van der Waals surface area contributed by atoms with E-state index in [4.69, 9.17) is 4.74 Å². The van der Waals surface area contributed by atoms with Crippen LogP contribution in [-0.2, 0) is 14.3 Å². The fraction of sp³-hybridized carbons (Fsp3) is 0.167. The van der Waals surface area contributed by atoms with Crippen LogP contribution >= 0.6 is 0 Å². The van der Waals surface area contributed by atoms with Crippen molar-refractivity contribution in [2.24, 2.45) is 0 Å². The van der Waals surface area contributed by atoms with Crippen LogP contribution in [0.1, 0.15) is 12.5 Å². The maximum Gasteiger partial charge on any atom is 0.354 e. The first kappa shape index (κ1) is 14.4. The summed E-state index contributed by atoms with van der Waals surface area (Å²) in [6.07, 6.45) is 1.73. The van der Waals surface area contributed by atoms with Gasteiger partial charge in [-0.05, 0) is 30.7 Å². The van der Waals surface area contributed by atoms with Crippen molar-refractivity contribution in [3.63, 3.8) is 0 Å². The van der Waals surface area contributed by atoms with Crippen molar-refractivity contribution < 1.29 is 19.2 Å². The maximum atomic E-state index is 11.5. The van der Waals surface area contributed by atoms with Crippen molar-refractivity contribution in [1.29, 1.82) is 0 Å². The zero-order valence-corrected chi connectivity index (χ0v) is 10.2. The molecule has 1 aromatic rings. The zero-order chi connectivity index (χ0) is 14.3. The van der Waals surface area contributed by atoms with Gasteiger partial charge in [-0.3, -0.25) is 14.9 Å². The Bertz CT molecular complexity index is 507. The number of esters is 1. The number of hydrogen-bond donors (Lipinski definition) is 1. The Balaban J connectivity index is 2.97. The summed E-state index contributed by atoms with van der Waals surface area (Å²) in [5, 5.41) is 12.7. The third-order valence-corrected chi connectivity index (χ3v) is 2.12. The molecule has 1 amide bonds. The lowest BCUT2D eigenvalue weighted by Crippen LogP contribution is -2.20. The highest BCUT2D eigenvalue weighted by atomic mass is 16.6. The quantitative estimate of drug-likeness (QED) is 0.274. The van der Waals surface area contributed by atoms with Gasteiger partial charge >= 0.3 is 5.97 Å². The van der Waals surface area contributed by atoms with Crippen molar-refractivity contribution in [2.45, 2.75) is 6.92 Å². The predicted octanol–water partition coefficient (Wildman–Crippen LogP) is 1.24. The molecule has 0 aliphatic carbocycles. The lowest BCUT2D eigenvalue weighted by atomic mass is 10.2. The van der Waals surface area contributed by atoms with E-state index in [9.17, 15) is 19.7 Å². The van der Waals surface area contributed by atoms with E-state index < -0.39 is 10.9 Å². The SMILES string of the molecule is CCOC(=O)/C(=C\c1ccc([N+](=O)[O-])cc1)NC=O. The van der Waals surface area contributed by atoms with Crippen LogP contribution < -0.4 is 5.32 Å². The second-order valence-electron chi connectivity index (χ2n) is 3.39. The van der Waals surface area contributed by atoms with Gasteiger partial charge in [0.2, 0.25) is 6.41 Å². The molecule has 0 atom stereocenters. The first-order chi connectivity index (χ1) is 9.08. The van der Waals surface area contributed by atoms with Gasteiger partial charge in [-0.25, -0.2) is 4.79 Å². The predicted molar refractivity (Wildman–Crippen MR) is 66.9 cm³/mol. The van der Waals surface area contributed by atoms with Gasteiger partial charge in [-0.1, -0.05) is 0 Å². The molecular formula is C12H12N2O5. The van der Waals surface area contributed by atoms with Crippen LogP contribution in [0.15, 0.2) is 30.0 Å². The van der Waals surface area contributed by atoms with Crippen molar-refractivity contribution in [3.05, 3.63) is 45.6 Å². The number of rotatable bonds is 6. The maximum absolute atomic E-state index is 11.5. The van der Waals surface area contributed by atoms with Gasteiger partial charge in [0.05, 0.1) is 11.5 Å². The molecule has 100 valence electrons. The minimum atomic E-state index is -0.673. The Morgan fingerprint density at radius 1 is 1.42 bits per heavy atom. The van der Waals surface area contributed by atoms with Gasteiger partial charge in [0.15, 0.2) is 0 Å². The average molecular weight is 264 g/mol. The normalized spacial score (nSPS) is 10.7. The summed E-state index contributed by atoms with van der Waals surface area (Å²) in [5.74, 6) is -0.673. The number of ether oxygens (including phenoxy) is 1. The summed E-state index contributed by atoms with van der Waals surface area (Å²) in [5.41, 5.74) is 0.437. The number of nitrogens with zero attached hydrogens (tertiary/aromatic N) is 1. The van der Waals surface area contributed by atoms with Gasteiger partial charge in [-0.2, -0.15) is 0 Å². The van der Waals surface area contributed by atoms with Gasteiger partial charge in [0.1, 0.15) is 5.70 Å². The molecular weight excluding hydrogens is 252 g/mol. The number of nitro benzene ring substituents is 1. The minimum Gasteiger partial charge on any atom is -0.461 e. The number of nitrogens with one attached hydrogen (secondary N) is 1. The summed E-state index contributed by atoms with van der Waals surface area (Å²) >= 11 is 0. The lowest BCUT2D eigenvalue weighted by molar-refractivity contribution is -0.384. The van der Waals surface area contributed by atoms with Crippen molar-refractivity contribution in [1.82, 2.24) is 5.32 Å². The van der Waals surface area contributed by atoms with Crippen LogP contribution in [0.25, 0.3) is 6.08 Å². The summed E-state index contributed by atoms with van der Waals surface area (Å²) < 4.78 is 4.75. The topological polar surface area (TPSA) is 98.5 Å². The minimum absolute atomic E-state index is 0.0364. The van der Waals surface area contributed by atoms with Gasteiger partial charge in [-0.15, -0.1) is 0 Å². The fourth-order valence-corrected chi connectivity index (χ4v) is 1.29. The highest BCUT2D eigenvalue weighted by Crippen LogP contribution is 2.14. The van der Waals surface area contributed by atoms with Crippen molar-refractivity contribution in [3.8, 4) is 0 Å². The lowest BCUT2D eigenvalue weighted by Gasteiger charge is -2.05. The molecule has 0 fully saturated rings. The second-order valence-corrected chi connectivity index (χ2v) is 3.39. The third kappa shape index (κ3) is 4.23. The third-order valence-electron chi connectivity index (χ3n) is 2.12. The molecule has 0 aliphatic rings. The van der Waals surface area contributed by atoms with E-state index in [1.54, 1.807) is 6.92 Å². The summed E-state index contributed by atoms with van der Waals surface area (Å²) in [7, 11) is 0. The summed E-state index contributed by atoms with van der Waals surface area (Å²) in [4.78, 5) is 31.9. The molecule has 19 heavy (non-hydrogen) atoms. The van der Waals surface area contributed by atoms with E-state index in [0.717, 1.165) is 0 Å². The standard InChI is InChI=1S/C12H12N2O5/c1-2-19-12(16)11(13-8-15)7-9-3-5-10(6-4-9)14(17)18/h3-8H,2H2,1H3,(H,13,15)/b11-7+. The smallest absolute Gasteiger partial charge is 0.354 e. The van der Waals surface area contributed by atoms with Crippen LogP contribution in [0, 0.1) is 10.1 Å². The first-order valence-corrected chi connectivity index (χ1v) is 5.42. The fourth-order valence-electron chi connectivity index (χ4n) is 1.29. The van der Waals surface area contributed by atoms with Crippen molar-refractivity contribution >= 4 is 24.1 Å². The number of non-ortho nitro benzene ring substituents is 1. The van der Waals surface area contributed by atoms with Crippen LogP contribution in [0.2, 0.25) is 0 Å². The number of hydrogen-bond acceptors (Lipinski definition) is 5. The van der Waals surface area contributed by atoms with Crippen molar-refractivity contribution in [2.75, 3.05) is 6.61 Å². The highest BCUT2D eigenvalue weighted by Gasteiger charge is 2.10. The average Bonchev–Trinajstić information content (AvgIpc) is 2.39. The molecule has 0 unspecified atom stereocenters. The molecule has 0 heterocycles. The van der Waals surface area contributed by atoms with E-state index in [0.29, 0.717) is 12.0 Å². The molecule has 1 N–H and O–H groups in total. The summed E-state index contributed by atoms with van der Waals surface area (Å²) in [6.45, 7) is 1.82. The highest BCUT2D eigenvalue weighted by molar-refractivity contribution is 5.95. The molecule has 0 aromatic heterocycles. The Hall–Kier alpha value is -2.70. The Kier molecular flexibility index (Phi) is 5.21. The molecule has 0 radical (unpaired) electrons. The number of carbonyl (C=O) groups is 2. The number of benzene rings is 1. The first-order valence-electron chi connectivity index (χ1n) is 5.42. The molecule has 0 aliphatic heterocycles. The molecule has 1 rings (SSSR count). The van der Waals surface area contributed by atoms with E-state index in [1.807, 2.05) is 0 Å². The van der Waals surface area contributed by atoms with E-state index in [1.165, 1.54) is 30.3 Å².